The second-order valence-electron chi connectivity index (χ2n) is 17.9. The van der Waals surface area contributed by atoms with Crippen LogP contribution >= 0.6 is 11.8 Å². The van der Waals surface area contributed by atoms with Crippen molar-refractivity contribution in [2.75, 3.05) is 44.5 Å². The molecule has 0 amide bonds. The van der Waals surface area contributed by atoms with Crippen molar-refractivity contribution in [2.24, 2.45) is 0 Å². The minimum Gasteiger partial charge on any atom is -0.394 e. The molecule has 4 aliphatic heterocycles. The van der Waals surface area contributed by atoms with Gasteiger partial charge in [0.15, 0.2) is 25.2 Å². The zero-order valence-corrected chi connectivity index (χ0v) is 39.1. The molecule has 0 aromatic carbocycles. The molecule has 0 aromatic heterocycles. The van der Waals surface area contributed by atoms with Crippen LogP contribution in [0.15, 0.2) is 0 Å². The summed E-state index contributed by atoms with van der Waals surface area (Å²) < 4.78 is 44.9. The van der Waals surface area contributed by atoms with Gasteiger partial charge in [-0.25, -0.2) is 0 Å². The lowest BCUT2D eigenvalue weighted by molar-refractivity contribution is -0.381. The quantitative estimate of drug-likeness (QED) is 0.0343. The Bertz CT molecular complexity index is 1260. The Balaban J connectivity index is 1.15. The van der Waals surface area contributed by atoms with Gasteiger partial charge < -0.3 is 104 Å². The van der Waals surface area contributed by atoms with Gasteiger partial charge >= 0.3 is 0 Å². The zero-order valence-electron chi connectivity index (χ0n) is 38.3. The van der Waals surface area contributed by atoms with Crippen LogP contribution in [0.3, 0.4) is 0 Å². The molecule has 0 spiro atoms. The number of hydrogen-bond donors (Lipinski definition) is 13. The van der Waals surface area contributed by atoms with Gasteiger partial charge in [0.1, 0.15) is 97.7 Å². The minimum absolute atomic E-state index is 0.194. The molecule has 13 N–H and O–H groups in total. The molecule has 4 aliphatic rings. The molecule has 66 heavy (non-hydrogen) atoms. The van der Waals surface area contributed by atoms with Crippen molar-refractivity contribution < 1.29 is 104 Å². The Morgan fingerprint density at radius 2 is 0.727 bits per heavy atom. The fraction of sp³-hybridized carbons (Fsp3) is 1.00. The van der Waals surface area contributed by atoms with E-state index in [-0.39, 0.29) is 6.61 Å². The maximum Gasteiger partial charge on any atom is 0.187 e. The van der Waals surface area contributed by atoms with Crippen LogP contribution in [0, 0.1) is 0 Å². The lowest BCUT2D eigenvalue weighted by Gasteiger charge is -2.48. The molecule has 0 radical (unpaired) electrons. The van der Waals surface area contributed by atoms with Crippen LogP contribution in [-0.4, -0.2) is 234 Å². The number of thioether (sulfide) groups is 1. The largest absolute Gasteiger partial charge is 0.394 e. The maximum absolute atomic E-state index is 11.2. The summed E-state index contributed by atoms with van der Waals surface area (Å²) in [5.74, 6) is 1.56. The van der Waals surface area contributed by atoms with Gasteiger partial charge in [-0.15, -0.1) is 0 Å². The predicted molar refractivity (Wildman–Crippen MR) is 234 cm³/mol. The van der Waals surface area contributed by atoms with Crippen molar-refractivity contribution in [3.8, 4) is 0 Å². The van der Waals surface area contributed by atoms with E-state index in [1.165, 1.54) is 89.9 Å². The fourth-order valence-electron chi connectivity index (χ4n) is 8.64. The number of unbranched alkanes of at least 4 members (excludes halogenated alkanes) is 15. The second-order valence-corrected chi connectivity index (χ2v) is 19.2. The number of aliphatic hydroxyl groups excluding tert-OH is 13. The van der Waals surface area contributed by atoms with Crippen molar-refractivity contribution in [3.05, 3.63) is 0 Å². The topological polar surface area (TPSA) is 337 Å². The Hall–Kier alpha value is -0.490. The van der Waals surface area contributed by atoms with Gasteiger partial charge in [0.2, 0.25) is 0 Å². The first-order valence-electron chi connectivity index (χ1n) is 24.2. The van der Waals surface area contributed by atoms with Gasteiger partial charge in [-0.1, -0.05) is 103 Å². The van der Waals surface area contributed by atoms with Crippen LogP contribution in [-0.2, 0) is 37.9 Å². The highest BCUT2D eigenvalue weighted by molar-refractivity contribution is 7.99. The third kappa shape index (κ3) is 17.1. The molecule has 390 valence electrons. The van der Waals surface area contributed by atoms with Gasteiger partial charge in [0, 0.05) is 5.75 Å². The van der Waals surface area contributed by atoms with E-state index in [0.717, 1.165) is 18.6 Å². The van der Waals surface area contributed by atoms with Gasteiger partial charge in [-0.05, 0) is 12.2 Å². The van der Waals surface area contributed by atoms with Crippen LogP contribution in [0.5, 0.6) is 0 Å². The van der Waals surface area contributed by atoms with E-state index in [4.69, 9.17) is 37.9 Å². The first kappa shape index (κ1) is 58.1. The lowest BCUT2D eigenvalue weighted by atomic mass is 9.96. The fourth-order valence-corrected chi connectivity index (χ4v) is 9.47. The van der Waals surface area contributed by atoms with E-state index in [2.05, 4.69) is 6.92 Å². The molecule has 21 nitrogen and oxygen atoms in total. The Morgan fingerprint density at radius 1 is 0.364 bits per heavy atom. The van der Waals surface area contributed by atoms with E-state index < -0.39 is 149 Å². The van der Waals surface area contributed by atoms with E-state index in [1.807, 2.05) is 0 Å². The Kier molecular flexibility index (Phi) is 27.3. The number of aliphatic hydroxyl groups is 13. The van der Waals surface area contributed by atoms with Gasteiger partial charge in [0.05, 0.1) is 33.0 Å². The van der Waals surface area contributed by atoms with Crippen LogP contribution in [0.1, 0.15) is 110 Å². The van der Waals surface area contributed by atoms with Crippen LogP contribution in [0.2, 0.25) is 0 Å². The van der Waals surface area contributed by atoms with Crippen molar-refractivity contribution in [1.29, 1.82) is 0 Å². The van der Waals surface area contributed by atoms with Gasteiger partial charge in [-0.3, -0.25) is 0 Å². The maximum atomic E-state index is 11.2. The number of hydrogen-bond acceptors (Lipinski definition) is 22. The molecular formula is C44H82O21S. The van der Waals surface area contributed by atoms with Crippen LogP contribution < -0.4 is 0 Å². The van der Waals surface area contributed by atoms with E-state index in [1.54, 1.807) is 11.8 Å². The molecule has 4 rings (SSSR count). The van der Waals surface area contributed by atoms with E-state index in [0.29, 0.717) is 5.75 Å². The van der Waals surface area contributed by atoms with Crippen molar-refractivity contribution >= 4 is 11.8 Å². The summed E-state index contributed by atoms with van der Waals surface area (Å²) in [4.78, 5) is 0. The summed E-state index contributed by atoms with van der Waals surface area (Å²) in [6.45, 7) is -0.560. The van der Waals surface area contributed by atoms with Gasteiger partial charge in [0.25, 0.3) is 0 Å². The highest BCUT2D eigenvalue weighted by Crippen LogP contribution is 2.33. The van der Waals surface area contributed by atoms with Gasteiger partial charge in [-0.2, -0.15) is 11.8 Å². The highest BCUT2D eigenvalue weighted by Gasteiger charge is 2.54. The average molecular weight is 979 g/mol. The third-order valence-electron chi connectivity index (χ3n) is 12.8. The smallest absolute Gasteiger partial charge is 0.187 e. The zero-order chi connectivity index (χ0) is 48.2. The SMILES string of the molecule is CCCCCCCCCCCCCCCCCCSCCOC1OC(CO)C(OC2OC(CO)C(OC3OC(COC4OC(CO)C(O)C(O)C4O)C(O)C(O)C3O)C(O)C2O)C(O)C1O. The molecule has 0 aromatic rings. The molecule has 0 saturated carbocycles. The third-order valence-corrected chi connectivity index (χ3v) is 13.9. The van der Waals surface area contributed by atoms with E-state index >= 15 is 0 Å². The second kappa shape index (κ2) is 31.1. The van der Waals surface area contributed by atoms with Crippen molar-refractivity contribution in [2.45, 2.75) is 232 Å². The average Bonchev–Trinajstić information content (AvgIpc) is 3.31. The highest BCUT2D eigenvalue weighted by atomic mass is 32.2. The number of rotatable bonds is 31. The lowest BCUT2D eigenvalue weighted by Crippen LogP contribution is -2.66. The normalized spacial score (nSPS) is 39.9. The molecular weight excluding hydrogens is 897 g/mol. The summed E-state index contributed by atoms with van der Waals surface area (Å²) in [5, 5.41) is 136. The minimum atomic E-state index is -1.98. The monoisotopic (exact) mass is 979 g/mol. The predicted octanol–water partition coefficient (Wildman–Crippen LogP) is -1.73. The van der Waals surface area contributed by atoms with Crippen LogP contribution in [0.25, 0.3) is 0 Å². The summed E-state index contributed by atoms with van der Waals surface area (Å²) in [6, 6.07) is 0. The first-order valence-corrected chi connectivity index (χ1v) is 25.3. The molecule has 22 heteroatoms. The Morgan fingerprint density at radius 3 is 1.21 bits per heavy atom. The summed E-state index contributed by atoms with van der Waals surface area (Å²) in [5.41, 5.74) is 0. The molecule has 0 aliphatic carbocycles. The molecule has 4 heterocycles. The summed E-state index contributed by atoms with van der Waals surface area (Å²) in [7, 11) is 0. The standard InChI is InChI=1S/C44H82O21S/c1-2-3-4-5-6-7-8-9-10-11-12-13-14-15-16-17-19-66-20-18-58-41-37(56)33(52)39(26(22-46)61-41)65-44-38(57)34(53)40(27(23-47)62-44)64-43-36(55)32(51)30(49)28(63-43)24-59-42-35(54)31(50)29(48)25(21-45)60-42/h25-57H,2-24H2,1H3. The molecule has 4 saturated heterocycles. The first-order chi connectivity index (χ1) is 31.8. The molecule has 20 unspecified atom stereocenters. The summed E-state index contributed by atoms with van der Waals surface area (Å²) >= 11 is 1.70. The number of ether oxygens (including phenoxy) is 8. The van der Waals surface area contributed by atoms with Crippen molar-refractivity contribution in [3.63, 3.8) is 0 Å². The van der Waals surface area contributed by atoms with E-state index in [9.17, 15) is 66.4 Å². The Labute approximate surface area is 392 Å². The van der Waals surface area contributed by atoms with Crippen LogP contribution in [0.4, 0.5) is 0 Å². The van der Waals surface area contributed by atoms with Crippen molar-refractivity contribution in [1.82, 2.24) is 0 Å². The summed E-state index contributed by atoms with van der Waals surface area (Å²) in [6.07, 6.45) is -12.9. The molecule has 0 bridgehead atoms. The molecule has 20 atom stereocenters. The molecule has 4 fully saturated rings.